The quantitative estimate of drug-likeness (QED) is 0.580. The van der Waals surface area contributed by atoms with E-state index in [1.165, 1.54) is 4.90 Å². The zero-order valence-corrected chi connectivity index (χ0v) is 19.9. The van der Waals surface area contributed by atoms with E-state index in [1.54, 1.807) is 6.92 Å². The Morgan fingerprint density at radius 2 is 1.84 bits per heavy atom. The molecule has 2 fully saturated rings. The number of hydrogen-bond acceptors (Lipinski definition) is 6. The van der Waals surface area contributed by atoms with Gasteiger partial charge in [0.1, 0.15) is 6.61 Å². The van der Waals surface area contributed by atoms with Crippen molar-refractivity contribution in [2.75, 3.05) is 13.2 Å². The van der Waals surface area contributed by atoms with Gasteiger partial charge in [-0.3, -0.25) is 4.79 Å². The van der Waals surface area contributed by atoms with Crippen LogP contribution in [0.25, 0.3) is 0 Å². The molecule has 2 aliphatic rings. The third kappa shape index (κ3) is 4.27. The Labute approximate surface area is 190 Å². The molecule has 0 aromatic heterocycles. The predicted octanol–water partition coefficient (Wildman–Crippen LogP) is 4.36. The average molecular weight is 446 g/mol. The summed E-state index contributed by atoms with van der Waals surface area (Å²) < 4.78 is 17.2. The summed E-state index contributed by atoms with van der Waals surface area (Å²) in [5, 5.41) is 0. The van der Waals surface area contributed by atoms with Crippen molar-refractivity contribution in [2.24, 2.45) is 23.7 Å². The number of hydrogen-bond donors (Lipinski definition) is 0. The van der Waals surface area contributed by atoms with Crippen LogP contribution < -0.4 is 0 Å². The zero-order chi connectivity index (χ0) is 23.6. The molecule has 2 saturated heterocycles. The smallest absolute Gasteiger partial charge is 0.416 e. The van der Waals surface area contributed by atoms with Crippen LogP contribution in [-0.2, 0) is 23.8 Å². The van der Waals surface area contributed by atoms with Crippen LogP contribution in [0, 0.1) is 23.7 Å². The molecule has 1 aromatic carbocycles. The first-order chi connectivity index (χ1) is 15.1. The van der Waals surface area contributed by atoms with Gasteiger partial charge in [-0.2, -0.15) is 0 Å². The summed E-state index contributed by atoms with van der Waals surface area (Å²) in [5.41, 5.74) is -0.483. The van der Waals surface area contributed by atoms with Crippen molar-refractivity contribution in [3.05, 3.63) is 35.9 Å². The SMILES string of the molecule is CCOC(=O)[C@@]1(CC(C)C)O[C@@H](c2ccccc2)[C@@H](C(=O)N2C(=O)OC[C@@H]2C(C)C)[C@@H]1C. The van der Waals surface area contributed by atoms with Crippen molar-refractivity contribution >= 4 is 18.0 Å². The molecule has 3 rings (SSSR count). The molecule has 176 valence electrons. The van der Waals surface area contributed by atoms with Gasteiger partial charge in [0.2, 0.25) is 5.91 Å². The molecule has 1 aromatic rings. The lowest BCUT2D eigenvalue weighted by molar-refractivity contribution is -0.177. The molecule has 7 heteroatoms. The van der Waals surface area contributed by atoms with E-state index in [4.69, 9.17) is 14.2 Å². The highest BCUT2D eigenvalue weighted by atomic mass is 16.6. The van der Waals surface area contributed by atoms with Crippen molar-refractivity contribution in [3.63, 3.8) is 0 Å². The molecule has 5 atom stereocenters. The number of carbonyl (C=O) groups is 3. The second-order valence-electron chi connectivity index (χ2n) is 9.57. The lowest BCUT2D eigenvalue weighted by Gasteiger charge is -2.33. The van der Waals surface area contributed by atoms with Gasteiger partial charge >= 0.3 is 12.1 Å². The fourth-order valence-electron chi connectivity index (χ4n) is 4.97. The molecule has 0 bridgehead atoms. The third-order valence-corrected chi connectivity index (χ3v) is 6.60. The molecule has 0 aliphatic carbocycles. The van der Waals surface area contributed by atoms with Gasteiger partial charge in [-0.1, -0.05) is 65.0 Å². The van der Waals surface area contributed by atoms with Gasteiger partial charge in [-0.25, -0.2) is 14.5 Å². The minimum Gasteiger partial charge on any atom is -0.464 e. The summed E-state index contributed by atoms with van der Waals surface area (Å²) in [6, 6.07) is 9.06. The fourth-order valence-corrected chi connectivity index (χ4v) is 4.97. The molecule has 2 aliphatic heterocycles. The van der Waals surface area contributed by atoms with Gasteiger partial charge < -0.3 is 14.2 Å². The van der Waals surface area contributed by atoms with E-state index in [0.29, 0.717) is 6.42 Å². The van der Waals surface area contributed by atoms with E-state index < -0.39 is 35.6 Å². The second kappa shape index (κ2) is 9.61. The molecule has 2 heterocycles. The van der Waals surface area contributed by atoms with Gasteiger partial charge in [-0.05, 0) is 30.7 Å². The molecule has 7 nitrogen and oxygen atoms in total. The molecule has 32 heavy (non-hydrogen) atoms. The number of cyclic esters (lactones) is 1. The molecule has 0 radical (unpaired) electrons. The second-order valence-corrected chi connectivity index (χ2v) is 9.57. The normalized spacial score (nSPS) is 30.1. The lowest BCUT2D eigenvalue weighted by atomic mass is 9.75. The topological polar surface area (TPSA) is 82.1 Å². The number of nitrogens with zero attached hydrogens (tertiary/aromatic N) is 1. The van der Waals surface area contributed by atoms with Crippen LogP contribution in [0.2, 0.25) is 0 Å². The molecule has 2 amide bonds. The highest BCUT2D eigenvalue weighted by molar-refractivity contribution is 5.96. The molecule has 0 N–H and O–H groups in total. The summed E-state index contributed by atoms with van der Waals surface area (Å²) in [5.74, 6) is -1.87. The van der Waals surface area contributed by atoms with E-state index >= 15 is 0 Å². The number of rotatable bonds is 7. The van der Waals surface area contributed by atoms with Crippen molar-refractivity contribution in [2.45, 2.75) is 65.7 Å². The molecular weight excluding hydrogens is 410 g/mol. The highest BCUT2D eigenvalue weighted by Gasteiger charge is 2.62. The highest BCUT2D eigenvalue weighted by Crippen LogP contribution is 2.52. The molecule has 0 spiro atoms. The number of esters is 1. The minimum absolute atomic E-state index is 0.0451. The Morgan fingerprint density at radius 3 is 2.41 bits per heavy atom. The molecule has 0 saturated carbocycles. The zero-order valence-electron chi connectivity index (χ0n) is 19.9. The maximum absolute atomic E-state index is 13.9. The summed E-state index contributed by atoms with van der Waals surface area (Å²) in [4.78, 5) is 41.0. The number of ether oxygens (including phenoxy) is 3. The summed E-state index contributed by atoms with van der Waals surface area (Å²) >= 11 is 0. The van der Waals surface area contributed by atoms with E-state index in [-0.39, 0.29) is 37.0 Å². The Balaban J connectivity index is 2.09. The van der Waals surface area contributed by atoms with Gasteiger partial charge in [-0.15, -0.1) is 0 Å². The fraction of sp³-hybridized carbons (Fsp3) is 0.640. The van der Waals surface area contributed by atoms with Crippen LogP contribution in [0.15, 0.2) is 30.3 Å². The van der Waals surface area contributed by atoms with E-state index in [1.807, 2.05) is 65.0 Å². The number of amides is 2. The first-order valence-corrected chi connectivity index (χ1v) is 11.5. The van der Waals surface area contributed by atoms with Gasteiger partial charge in [0.25, 0.3) is 0 Å². The molecule has 0 unspecified atom stereocenters. The maximum Gasteiger partial charge on any atom is 0.416 e. The summed E-state index contributed by atoms with van der Waals surface area (Å²) in [6.07, 6.45) is -0.897. The minimum atomic E-state index is -1.28. The van der Waals surface area contributed by atoms with Crippen molar-refractivity contribution in [3.8, 4) is 0 Å². The largest absolute Gasteiger partial charge is 0.464 e. The Morgan fingerprint density at radius 1 is 1.19 bits per heavy atom. The van der Waals surface area contributed by atoms with Crippen LogP contribution in [-0.4, -0.2) is 47.7 Å². The van der Waals surface area contributed by atoms with E-state index in [2.05, 4.69) is 0 Å². The Bertz CT molecular complexity index is 838. The Hall–Kier alpha value is -2.41. The van der Waals surface area contributed by atoms with Gasteiger partial charge in [0, 0.05) is 5.92 Å². The standard InChI is InChI=1S/C25H35NO6/c1-7-30-23(28)25(13-15(2)3)17(6)20(21(32-25)18-11-9-8-10-12-18)22(27)26-19(16(4)5)14-31-24(26)29/h8-12,15-17,19-21H,7,13-14H2,1-6H3/t17-,19+,20-,21-,25-/m0/s1. The van der Waals surface area contributed by atoms with Crippen molar-refractivity contribution < 1.29 is 28.6 Å². The maximum atomic E-state index is 13.9. The lowest BCUT2D eigenvalue weighted by Crippen LogP contribution is -2.50. The first-order valence-electron chi connectivity index (χ1n) is 11.5. The van der Waals surface area contributed by atoms with Crippen LogP contribution >= 0.6 is 0 Å². The number of carbonyl (C=O) groups excluding carboxylic acids is 3. The van der Waals surface area contributed by atoms with Gasteiger partial charge in [0.15, 0.2) is 5.60 Å². The van der Waals surface area contributed by atoms with E-state index in [9.17, 15) is 14.4 Å². The van der Waals surface area contributed by atoms with E-state index in [0.717, 1.165) is 5.56 Å². The predicted molar refractivity (Wildman–Crippen MR) is 119 cm³/mol. The van der Waals surface area contributed by atoms with Crippen LogP contribution in [0.4, 0.5) is 4.79 Å². The summed E-state index contributed by atoms with van der Waals surface area (Å²) in [6.45, 7) is 11.9. The number of imide groups is 1. The number of benzene rings is 1. The monoisotopic (exact) mass is 445 g/mol. The van der Waals surface area contributed by atoms with Crippen molar-refractivity contribution in [1.82, 2.24) is 4.90 Å². The van der Waals surface area contributed by atoms with Gasteiger partial charge in [0.05, 0.1) is 24.7 Å². The van der Waals surface area contributed by atoms with Crippen LogP contribution in [0.3, 0.4) is 0 Å². The van der Waals surface area contributed by atoms with Crippen LogP contribution in [0.5, 0.6) is 0 Å². The van der Waals surface area contributed by atoms with Crippen LogP contribution in [0.1, 0.15) is 59.6 Å². The van der Waals surface area contributed by atoms with Crippen molar-refractivity contribution in [1.29, 1.82) is 0 Å². The molecular formula is C25H35NO6. The first kappa shape index (κ1) is 24.2. The third-order valence-electron chi connectivity index (χ3n) is 6.60. The Kier molecular flexibility index (Phi) is 7.28. The summed E-state index contributed by atoms with van der Waals surface area (Å²) in [7, 11) is 0. The average Bonchev–Trinajstić information content (AvgIpc) is 3.27.